The van der Waals surface area contributed by atoms with Gasteiger partial charge in [0, 0.05) is 17.3 Å². The quantitative estimate of drug-likeness (QED) is 0.201. The van der Waals surface area contributed by atoms with E-state index < -0.39 is 32.3 Å². The molecule has 2 aromatic carbocycles. The number of rotatable bonds is 8. The molecule has 5 rings (SSSR count). The Labute approximate surface area is 329 Å². The first-order valence-corrected chi connectivity index (χ1v) is 18.9. The summed E-state index contributed by atoms with van der Waals surface area (Å²) in [4.78, 5) is 22.0. The van der Waals surface area contributed by atoms with E-state index in [2.05, 4.69) is 25.4 Å². The molecule has 0 N–H and O–H groups in total. The molecule has 2 aromatic rings. The van der Waals surface area contributed by atoms with Gasteiger partial charge >= 0.3 is 33.1 Å². The van der Waals surface area contributed by atoms with Gasteiger partial charge in [0.1, 0.15) is 11.6 Å². The Morgan fingerprint density at radius 1 is 0.574 bits per heavy atom. The molecular formula is C38H56B3BrF2O10. The first kappa shape index (κ1) is 46.1. The van der Waals surface area contributed by atoms with Crippen molar-refractivity contribution in [2.45, 2.75) is 142 Å². The van der Waals surface area contributed by atoms with E-state index in [1.807, 2.05) is 83.1 Å². The van der Waals surface area contributed by atoms with Crippen molar-refractivity contribution in [3.63, 3.8) is 0 Å². The number of ether oxygens (including phenoxy) is 2. The van der Waals surface area contributed by atoms with Gasteiger partial charge in [-0.05, 0) is 137 Å². The summed E-state index contributed by atoms with van der Waals surface area (Å²) in [6, 6.07) is 9.39. The molecule has 0 atom stereocenters. The monoisotopic (exact) mass is 822 g/mol. The van der Waals surface area contributed by atoms with E-state index in [9.17, 15) is 18.4 Å². The minimum Gasteiger partial charge on any atom is -0.469 e. The Bertz CT molecular complexity index is 1550. The van der Waals surface area contributed by atoms with Gasteiger partial charge in [-0.25, -0.2) is 8.78 Å². The molecule has 0 unspecified atom stereocenters. The van der Waals surface area contributed by atoms with Gasteiger partial charge in [0.15, 0.2) is 0 Å². The Morgan fingerprint density at radius 2 is 0.907 bits per heavy atom. The largest absolute Gasteiger partial charge is 0.494 e. The molecule has 3 heterocycles. The number of methoxy groups -OCH3 is 2. The minimum atomic E-state index is -0.539. The predicted octanol–water partition coefficient (Wildman–Crippen LogP) is 7.17. The zero-order valence-electron chi connectivity index (χ0n) is 34.2. The number of halogens is 3. The highest BCUT2D eigenvalue weighted by Gasteiger charge is 2.63. The third kappa shape index (κ3) is 11.2. The molecule has 3 aliphatic heterocycles. The molecule has 16 heteroatoms. The summed E-state index contributed by atoms with van der Waals surface area (Å²) < 4.78 is 72.7. The maximum absolute atomic E-state index is 13.9. The van der Waals surface area contributed by atoms with E-state index in [0.717, 1.165) is 9.94 Å². The Hall–Kier alpha value is -2.33. The fraction of sp³-hybridized carbons (Fsp3) is 0.632. The molecule has 54 heavy (non-hydrogen) atoms. The molecular weight excluding hydrogens is 767 g/mol. The molecule has 0 radical (unpaired) electrons. The Kier molecular flexibility index (Phi) is 14.9. The van der Waals surface area contributed by atoms with E-state index in [-0.39, 0.29) is 65.2 Å². The maximum atomic E-state index is 13.9. The summed E-state index contributed by atoms with van der Waals surface area (Å²) in [5, 5.41) is 0. The van der Waals surface area contributed by atoms with Gasteiger partial charge in [0.25, 0.3) is 0 Å². The van der Waals surface area contributed by atoms with Crippen LogP contribution in [0, 0.1) is 11.6 Å². The third-order valence-electron chi connectivity index (χ3n) is 11.0. The summed E-state index contributed by atoms with van der Waals surface area (Å²) in [6.45, 7) is 24.1. The van der Waals surface area contributed by atoms with Crippen molar-refractivity contribution in [1.29, 1.82) is 0 Å². The number of esters is 2. The van der Waals surface area contributed by atoms with Crippen molar-refractivity contribution >= 4 is 54.5 Å². The first-order valence-electron chi connectivity index (χ1n) is 18.1. The average Bonchev–Trinajstić information content (AvgIpc) is 3.54. The molecule has 0 aliphatic carbocycles. The molecule has 0 bridgehead atoms. The second kappa shape index (κ2) is 17.4. The van der Waals surface area contributed by atoms with Crippen molar-refractivity contribution in [2.24, 2.45) is 0 Å². The van der Waals surface area contributed by atoms with Gasteiger partial charge < -0.3 is 37.4 Å². The van der Waals surface area contributed by atoms with Crippen LogP contribution in [0.5, 0.6) is 0 Å². The zero-order chi connectivity index (χ0) is 41.1. The first-order chi connectivity index (χ1) is 24.7. The Balaban J connectivity index is 0.000000224. The number of aryl methyl sites for hydroxylation is 2. The summed E-state index contributed by atoms with van der Waals surface area (Å²) in [6.07, 6.45) is 0.980. The normalized spacial score (nSPS) is 21.1. The van der Waals surface area contributed by atoms with Gasteiger partial charge in [-0.15, -0.1) is 0 Å². The van der Waals surface area contributed by atoms with E-state index in [0.29, 0.717) is 17.5 Å². The summed E-state index contributed by atoms with van der Waals surface area (Å²) in [5.74, 6) is -1.33. The van der Waals surface area contributed by atoms with Crippen LogP contribution in [0.4, 0.5) is 8.78 Å². The molecule has 0 amide bonds. The highest BCUT2D eigenvalue weighted by Crippen LogP contribution is 2.43. The van der Waals surface area contributed by atoms with E-state index in [1.165, 1.54) is 26.4 Å². The van der Waals surface area contributed by atoms with Crippen LogP contribution in [0.3, 0.4) is 0 Å². The zero-order valence-corrected chi connectivity index (χ0v) is 35.8. The van der Waals surface area contributed by atoms with Crippen molar-refractivity contribution in [1.82, 2.24) is 0 Å². The van der Waals surface area contributed by atoms with Gasteiger partial charge in [0.2, 0.25) is 0 Å². The lowest BCUT2D eigenvalue weighted by Crippen LogP contribution is -2.41. The van der Waals surface area contributed by atoms with Crippen LogP contribution >= 0.6 is 15.9 Å². The number of hydrogen-bond acceptors (Lipinski definition) is 10. The maximum Gasteiger partial charge on any atom is 0.494 e. The van der Waals surface area contributed by atoms with E-state index in [1.54, 1.807) is 24.3 Å². The van der Waals surface area contributed by atoms with Crippen molar-refractivity contribution in [2.75, 3.05) is 14.2 Å². The molecule has 10 nitrogen and oxygen atoms in total. The molecule has 0 aromatic heterocycles. The molecule has 0 saturated carbocycles. The molecule has 3 saturated heterocycles. The summed E-state index contributed by atoms with van der Waals surface area (Å²) >= 11 is 3.24. The number of carbonyl (C=O) groups is 2. The number of hydrogen-bond donors (Lipinski definition) is 0. The van der Waals surface area contributed by atoms with Crippen LogP contribution in [0.25, 0.3) is 0 Å². The van der Waals surface area contributed by atoms with Gasteiger partial charge in [-0.1, -0.05) is 28.1 Å². The summed E-state index contributed by atoms with van der Waals surface area (Å²) in [5.41, 5.74) is -0.607. The smallest absolute Gasteiger partial charge is 0.469 e. The fourth-order valence-electron chi connectivity index (χ4n) is 5.32. The van der Waals surface area contributed by atoms with Crippen molar-refractivity contribution in [3.05, 3.63) is 63.6 Å². The third-order valence-corrected chi connectivity index (χ3v) is 11.5. The molecule has 3 aliphatic rings. The standard InChI is InChI=1S/C16H22BFO4.C12H24B2O4.C10H10BrFO2/c1-15(2)16(3,4)22-17(21-15)12-7-8-13(18)11(10-12)6-9-14(19)20-5;1-9(2)10(3,4)16-13(15-9)14-17-11(5,6)12(7,8)18-14;1-14-10(13)5-2-7-6-8(11)3-4-9(7)12/h7-8,10H,6,9H2,1-5H3;1-8H3;3-4,6H,2,5H2,1H3. The second-order valence-electron chi connectivity index (χ2n) is 16.6. The lowest BCUT2D eigenvalue weighted by Gasteiger charge is -2.32. The van der Waals surface area contributed by atoms with Crippen LogP contribution in [0.1, 0.15) is 107 Å². The highest BCUT2D eigenvalue weighted by atomic mass is 79.9. The average molecular weight is 823 g/mol. The van der Waals surface area contributed by atoms with Crippen LogP contribution in [0.2, 0.25) is 0 Å². The van der Waals surface area contributed by atoms with Crippen LogP contribution < -0.4 is 5.46 Å². The SMILES string of the molecule is CC1(C)OB(B2OC(C)(C)C(C)(C)O2)OC1(C)C.COC(=O)CCc1cc(B2OC(C)(C)C(C)(C)O2)ccc1F.COC(=O)CCc1cc(Br)ccc1F. The van der Waals surface area contributed by atoms with Crippen LogP contribution in [0.15, 0.2) is 40.9 Å². The van der Waals surface area contributed by atoms with Gasteiger partial charge in [-0.3, -0.25) is 9.59 Å². The van der Waals surface area contributed by atoms with Gasteiger partial charge in [-0.2, -0.15) is 0 Å². The lowest BCUT2D eigenvalue weighted by molar-refractivity contribution is -0.141. The van der Waals surface area contributed by atoms with Crippen molar-refractivity contribution < 1.29 is 55.8 Å². The predicted molar refractivity (Wildman–Crippen MR) is 209 cm³/mol. The van der Waals surface area contributed by atoms with Crippen molar-refractivity contribution in [3.8, 4) is 0 Å². The highest BCUT2D eigenvalue weighted by molar-refractivity contribution is 9.10. The Morgan fingerprint density at radius 3 is 1.28 bits per heavy atom. The number of carbonyl (C=O) groups excluding carboxylic acids is 2. The molecule has 0 spiro atoms. The van der Waals surface area contributed by atoms with Crippen LogP contribution in [-0.2, 0) is 59.8 Å². The van der Waals surface area contributed by atoms with E-state index >= 15 is 0 Å². The molecule has 298 valence electrons. The van der Waals surface area contributed by atoms with E-state index in [4.69, 9.17) is 27.9 Å². The lowest BCUT2D eigenvalue weighted by atomic mass is 9.49. The second-order valence-corrected chi connectivity index (χ2v) is 17.5. The topological polar surface area (TPSA) is 108 Å². The summed E-state index contributed by atoms with van der Waals surface area (Å²) in [7, 11) is 1.15. The number of benzene rings is 2. The molecule has 3 fully saturated rings. The van der Waals surface area contributed by atoms with Crippen LogP contribution in [-0.4, -0.2) is 80.9 Å². The fourth-order valence-corrected chi connectivity index (χ4v) is 5.73. The minimum absolute atomic E-state index is 0.139. The van der Waals surface area contributed by atoms with Gasteiger partial charge in [0.05, 0.1) is 47.8 Å².